The molecule has 27 heavy (non-hydrogen) atoms. The minimum Gasteiger partial charge on any atom is -0.497 e. The smallest absolute Gasteiger partial charge is 0.191 e. The zero-order valence-corrected chi connectivity index (χ0v) is 16.7. The van der Waals surface area contributed by atoms with E-state index in [0.717, 1.165) is 28.2 Å². The van der Waals surface area contributed by atoms with Crippen LogP contribution in [-0.4, -0.2) is 34.2 Å². The van der Waals surface area contributed by atoms with Gasteiger partial charge in [0.2, 0.25) is 0 Å². The second-order valence-electron chi connectivity index (χ2n) is 5.55. The molecule has 0 radical (unpaired) electrons. The van der Waals surface area contributed by atoms with E-state index in [0.29, 0.717) is 24.0 Å². The fourth-order valence-electron chi connectivity index (χ4n) is 2.26. The van der Waals surface area contributed by atoms with E-state index >= 15 is 0 Å². The average Bonchev–Trinajstić information content (AvgIpc) is 3.05. The first-order valence-electron chi connectivity index (χ1n) is 8.32. The third-order valence-electron chi connectivity index (χ3n) is 3.76. The van der Waals surface area contributed by atoms with Crippen molar-refractivity contribution in [1.82, 2.24) is 14.8 Å². The van der Waals surface area contributed by atoms with Gasteiger partial charge in [-0.2, -0.15) is 0 Å². The number of halogens is 1. The lowest BCUT2D eigenvalue weighted by Crippen LogP contribution is -2.05. The number of rotatable bonds is 9. The van der Waals surface area contributed by atoms with Gasteiger partial charge >= 0.3 is 0 Å². The van der Waals surface area contributed by atoms with Crippen molar-refractivity contribution in [2.45, 2.75) is 11.8 Å². The molecule has 1 aromatic heterocycles. The van der Waals surface area contributed by atoms with Crippen molar-refractivity contribution in [3.8, 4) is 17.2 Å². The largest absolute Gasteiger partial charge is 0.497 e. The van der Waals surface area contributed by atoms with E-state index in [1.807, 2.05) is 54.1 Å². The Morgan fingerprint density at radius 1 is 1.00 bits per heavy atom. The predicted molar refractivity (Wildman–Crippen MR) is 106 cm³/mol. The van der Waals surface area contributed by atoms with Crippen LogP contribution in [-0.2, 0) is 13.7 Å². The molecule has 0 saturated carbocycles. The zero-order chi connectivity index (χ0) is 19.1. The second-order valence-corrected chi connectivity index (χ2v) is 7.02. The highest BCUT2D eigenvalue weighted by molar-refractivity contribution is 7.99. The molecular formula is C19H20ClN3O3S. The molecule has 1 heterocycles. The van der Waals surface area contributed by atoms with E-state index in [4.69, 9.17) is 25.8 Å². The molecule has 0 amide bonds. The first-order chi connectivity index (χ1) is 13.2. The minimum absolute atomic E-state index is 0.302. The monoisotopic (exact) mass is 405 g/mol. The number of hydrogen-bond donors (Lipinski definition) is 0. The lowest BCUT2D eigenvalue weighted by atomic mass is 10.3. The van der Waals surface area contributed by atoms with Gasteiger partial charge in [0.25, 0.3) is 0 Å². The normalized spacial score (nSPS) is 10.6. The Morgan fingerprint density at radius 2 is 1.74 bits per heavy atom. The van der Waals surface area contributed by atoms with Crippen LogP contribution in [0.4, 0.5) is 0 Å². The SMILES string of the molecule is COc1ccc(OCCSc2nnc(COc3ccccc3Cl)n2C)cc1. The topological polar surface area (TPSA) is 58.4 Å². The van der Waals surface area contributed by atoms with Gasteiger partial charge in [0.05, 0.1) is 18.7 Å². The van der Waals surface area contributed by atoms with Gasteiger partial charge in [0.15, 0.2) is 11.0 Å². The van der Waals surface area contributed by atoms with Crippen molar-refractivity contribution in [3.05, 3.63) is 59.4 Å². The van der Waals surface area contributed by atoms with E-state index in [1.165, 1.54) is 0 Å². The molecule has 0 N–H and O–H groups in total. The first kappa shape index (κ1) is 19.4. The molecule has 0 aliphatic carbocycles. The van der Waals surface area contributed by atoms with E-state index in [2.05, 4.69) is 10.2 Å². The van der Waals surface area contributed by atoms with Crippen LogP contribution in [0, 0.1) is 0 Å². The van der Waals surface area contributed by atoms with Crippen molar-refractivity contribution in [2.24, 2.45) is 7.05 Å². The molecule has 0 saturated heterocycles. The highest BCUT2D eigenvalue weighted by atomic mass is 35.5. The van der Waals surface area contributed by atoms with Crippen molar-refractivity contribution < 1.29 is 14.2 Å². The van der Waals surface area contributed by atoms with Crippen molar-refractivity contribution in [2.75, 3.05) is 19.5 Å². The number of thioether (sulfide) groups is 1. The Morgan fingerprint density at radius 3 is 2.48 bits per heavy atom. The van der Waals surface area contributed by atoms with Gasteiger partial charge in [-0.25, -0.2) is 0 Å². The number of nitrogens with zero attached hydrogens (tertiary/aromatic N) is 3. The van der Waals surface area contributed by atoms with E-state index in [1.54, 1.807) is 24.9 Å². The number of para-hydroxylation sites is 1. The maximum Gasteiger partial charge on any atom is 0.191 e. The van der Waals surface area contributed by atoms with Crippen LogP contribution in [0.3, 0.4) is 0 Å². The summed E-state index contributed by atoms with van der Waals surface area (Å²) in [4.78, 5) is 0. The molecule has 0 aliphatic rings. The average molecular weight is 406 g/mol. The third kappa shape index (κ3) is 5.30. The van der Waals surface area contributed by atoms with Crippen LogP contribution >= 0.6 is 23.4 Å². The summed E-state index contributed by atoms with van der Waals surface area (Å²) >= 11 is 7.67. The summed E-state index contributed by atoms with van der Waals surface area (Å²) in [6, 6.07) is 14.9. The number of ether oxygens (including phenoxy) is 3. The Balaban J connectivity index is 1.46. The zero-order valence-electron chi connectivity index (χ0n) is 15.1. The Labute approximate surface area is 167 Å². The quantitative estimate of drug-likeness (QED) is 0.392. The van der Waals surface area contributed by atoms with Crippen LogP contribution in [0.25, 0.3) is 0 Å². The van der Waals surface area contributed by atoms with E-state index < -0.39 is 0 Å². The molecule has 142 valence electrons. The van der Waals surface area contributed by atoms with Gasteiger partial charge in [-0.05, 0) is 36.4 Å². The van der Waals surface area contributed by atoms with Crippen LogP contribution < -0.4 is 14.2 Å². The fourth-order valence-corrected chi connectivity index (χ4v) is 3.20. The minimum atomic E-state index is 0.302. The number of hydrogen-bond acceptors (Lipinski definition) is 6. The molecule has 0 unspecified atom stereocenters. The van der Waals surface area contributed by atoms with E-state index in [-0.39, 0.29) is 0 Å². The van der Waals surface area contributed by atoms with Crippen molar-refractivity contribution >= 4 is 23.4 Å². The maximum atomic E-state index is 6.09. The lowest BCUT2D eigenvalue weighted by molar-refractivity contribution is 0.290. The third-order valence-corrected chi connectivity index (χ3v) is 5.06. The lowest BCUT2D eigenvalue weighted by Gasteiger charge is -2.08. The van der Waals surface area contributed by atoms with Gasteiger partial charge in [-0.3, -0.25) is 0 Å². The number of benzene rings is 2. The molecule has 3 rings (SSSR count). The number of aromatic nitrogens is 3. The molecule has 6 nitrogen and oxygen atoms in total. The van der Waals surface area contributed by atoms with Crippen LogP contribution in [0.2, 0.25) is 5.02 Å². The highest BCUT2D eigenvalue weighted by Gasteiger charge is 2.11. The van der Waals surface area contributed by atoms with E-state index in [9.17, 15) is 0 Å². The highest BCUT2D eigenvalue weighted by Crippen LogP contribution is 2.24. The predicted octanol–water partition coefficient (Wildman–Crippen LogP) is 4.23. The maximum absolute atomic E-state index is 6.09. The molecule has 0 spiro atoms. The molecule has 0 aliphatic heterocycles. The summed E-state index contributed by atoms with van der Waals surface area (Å²) in [7, 11) is 3.55. The molecule has 0 bridgehead atoms. The van der Waals surface area contributed by atoms with Gasteiger partial charge in [-0.1, -0.05) is 35.5 Å². The van der Waals surface area contributed by atoms with Crippen LogP contribution in [0.5, 0.6) is 17.2 Å². The summed E-state index contributed by atoms with van der Waals surface area (Å²) in [5.41, 5.74) is 0. The van der Waals surface area contributed by atoms with Gasteiger partial charge < -0.3 is 18.8 Å². The second kappa shape index (κ2) is 9.53. The molecule has 0 atom stereocenters. The van der Waals surface area contributed by atoms with Crippen molar-refractivity contribution in [3.63, 3.8) is 0 Å². The summed E-state index contributed by atoms with van der Waals surface area (Å²) < 4.78 is 18.5. The van der Waals surface area contributed by atoms with Crippen LogP contribution in [0.15, 0.2) is 53.7 Å². The fraction of sp³-hybridized carbons (Fsp3) is 0.263. The molecular weight excluding hydrogens is 386 g/mol. The standard InChI is InChI=1S/C19H20ClN3O3S/c1-23-18(13-26-17-6-4-3-5-16(17)20)21-22-19(23)27-12-11-25-15-9-7-14(24-2)8-10-15/h3-10H,11-13H2,1-2H3. The number of methoxy groups -OCH3 is 1. The molecule has 8 heteroatoms. The molecule has 2 aromatic carbocycles. The summed E-state index contributed by atoms with van der Waals surface area (Å²) in [6.45, 7) is 0.867. The Kier molecular flexibility index (Phi) is 6.84. The Hall–Kier alpha value is -2.38. The summed E-state index contributed by atoms with van der Waals surface area (Å²) in [5, 5.41) is 9.78. The van der Waals surface area contributed by atoms with Gasteiger partial charge in [-0.15, -0.1) is 10.2 Å². The van der Waals surface area contributed by atoms with Gasteiger partial charge in [0, 0.05) is 12.8 Å². The summed E-state index contributed by atoms with van der Waals surface area (Å²) in [5.74, 6) is 3.73. The van der Waals surface area contributed by atoms with Crippen molar-refractivity contribution in [1.29, 1.82) is 0 Å². The first-order valence-corrected chi connectivity index (χ1v) is 9.69. The van der Waals surface area contributed by atoms with Gasteiger partial charge in [0.1, 0.15) is 23.9 Å². The molecule has 3 aromatic rings. The summed E-state index contributed by atoms with van der Waals surface area (Å²) in [6.07, 6.45) is 0. The molecule has 0 fully saturated rings. The Bertz CT molecular complexity index is 871. The van der Waals surface area contributed by atoms with Crippen LogP contribution in [0.1, 0.15) is 5.82 Å².